The Hall–Kier alpha value is -1.51. The zero-order valence-corrected chi connectivity index (χ0v) is 11.0. The number of aromatic hydroxyl groups is 1. The van der Waals surface area contributed by atoms with Crippen molar-refractivity contribution in [1.29, 1.82) is 0 Å². The van der Waals surface area contributed by atoms with Crippen molar-refractivity contribution in [2.45, 2.75) is 19.5 Å². The second-order valence-corrected chi connectivity index (χ2v) is 4.76. The summed E-state index contributed by atoms with van der Waals surface area (Å²) >= 11 is 5.97. The third kappa shape index (κ3) is 3.49. The number of halogens is 1. The van der Waals surface area contributed by atoms with Crippen LogP contribution in [0.15, 0.2) is 48.5 Å². The number of hydrogen-bond acceptors (Lipinski definition) is 2. The van der Waals surface area contributed by atoms with Gasteiger partial charge in [-0.2, -0.15) is 0 Å². The van der Waals surface area contributed by atoms with E-state index in [1.54, 1.807) is 12.1 Å². The Morgan fingerprint density at radius 3 is 2.56 bits per heavy atom. The van der Waals surface area contributed by atoms with Crippen molar-refractivity contribution in [2.24, 2.45) is 0 Å². The molecular weight excluding hydrogens is 246 g/mol. The second-order valence-electron chi connectivity index (χ2n) is 4.32. The van der Waals surface area contributed by atoms with Crippen molar-refractivity contribution < 1.29 is 5.11 Å². The molecule has 0 radical (unpaired) electrons. The minimum Gasteiger partial charge on any atom is -0.508 e. The first-order valence-electron chi connectivity index (χ1n) is 5.92. The van der Waals surface area contributed by atoms with Gasteiger partial charge in [-0.1, -0.05) is 35.9 Å². The van der Waals surface area contributed by atoms with Gasteiger partial charge in [-0.05, 0) is 42.3 Å². The summed E-state index contributed by atoms with van der Waals surface area (Å²) in [5, 5.41) is 13.4. The van der Waals surface area contributed by atoms with Crippen molar-refractivity contribution >= 4 is 11.6 Å². The number of phenols is 1. The molecule has 0 aromatic heterocycles. The highest BCUT2D eigenvalue weighted by Gasteiger charge is 2.05. The normalized spacial score (nSPS) is 12.3. The zero-order chi connectivity index (χ0) is 13.0. The molecule has 0 aliphatic carbocycles. The summed E-state index contributed by atoms with van der Waals surface area (Å²) < 4.78 is 0. The summed E-state index contributed by atoms with van der Waals surface area (Å²) in [6.45, 7) is 2.86. The number of phenolic OH excluding ortho intramolecular Hbond substituents is 1. The summed E-state index contributed by atoms with van der Waals surface area (Å²) in [6.07, 6.45) is 0. The monoisotopic (exact) mass is 261 g/mol. The molecule has 0 aliphatic rings. The van der Waals surface area contributed by atoms with Crippen molar-refractivity contribution in [3.63, 3.8) is 0 Å². The van der Waals surface area contributed by atoms with Gasteiger partial charge in [0.15, 0.2) is 0 Å². The smallest absolute Gasteiger partial charge is 0.115 e. The molecule has 0 spiro atoms. The van der Waals surface area contributed by atoms with Gasteiger partial charge < -0.3 is 10.4 Å². The van der Waals surface area contributed by atoms with E-state index in [4.69, 9.17) is 11.6 Å². The molecular formula is C15H16ClNO. The lowest BCUT2D eigenvalue weighted by Crippen LogP contribution is -2.17. The molecule has 0 heterocycles. The van der Waals surface area contributed by atoms with E-state index >= 15 is 0 Å². The average Bonchev–Trinajstić information content (AvgIpc) is 2.38. The molecule has 2 aromatic rings. The van der Waals surface area contributed by atoms with E-state index in [2.05, 4.69) is 18.3 Å². The van der Waals surface area contributed by atoms with Crippen LogP contribution in [0.25, 0.3) is 0 Å². The van der Waals surface area contributed by atoms with Crippen LogP contribution in [-0.2, 0) is 6.54 Å². The fourth-order valence-electron chi connectivity index (χ4n) is 1.78. The quantitative estimate of drug-likeness (QED) is 0.875. The highest BCUT2D eigenvalue weighted by atomic mass is 35.5. The molecule has 0 unspecified atom stereocenters. The van der Waals surface area contributed by atoms with E-state index in [-0.39, 0.29) is 6.04 Å². The Morgan fingerprint density at radius 2 is 1.89 bits per heavy atom. The van der Waals surface area contributed by atoms with E-state index in [0.717, 1.165) is 17.1 Å². The fourth-order valence-corrected chi connectivity index (χ4v) is 1.98. The maximum Gasteiger partial charge on any atom is 0.115 e. The van der Waals surface area contributed by atoms with Crippen LogP contribution in [-0.4, -0.2) is 5.11 Å². The lowest BCUT2D eigenvalue weighted by Gasteiger charge is -2.14. The summed E-state index contributed by atoms with van der Waals surface area (Å²) in [5.74, 6) is 0.293. The molecule has 18 heavy (non-hydrogen) atoms. The van der Waals surface area contributed by atoms with Crippen LogP contribution in [0.2, 0.25) is 5.02 Å². The van der Waals surface area contributed by atoms with Gasteiger partial charge in [0.1, 0.15) is 5.75 Å². The maximum absolute atomic E-state index is 9.21. The van der Waals surface area contributed by atoms with Crippen molar-refractivity contribution in [3.8, 4) is 5.75 Å². The van der Waals surface area contributed by atoms with E-state index in [9.17, 15) is 5.11 Å². The van der Waals surface area contributed by atoms with E-state index < -0.39 is 0 Å². The predicted octanol–water partition coefficient (Wildman–Crippen LogP) is 3.90. The van der Waals surface area contributed by atoms with Crippen LogP contribution < -0.4 is 5.32 Å². The summed E-state index contributed by atoms with van der Waals surface area (Å²) in [7, 11) is 0. The molecule has 0 bridgehead atoms. The second kappa shape index (κ2) is 5.89. The van der Waals surface area contributed by atoms with Gasteiger partial charge in [0.2, 0.25) is 0 Å². The van der Waals surface area contributed by atoms with E-state index in [0.29, 0.717) is 5.75 Å². The number of rotatable bonds is 4. The molecule has 2 N–H and O–H groups in total. The lowest BCUT2D eigenvalue weighted by atomic mass is 10.1. The largest absolute Gasteiger partial charge is 0.508 e. The average molecular weight is 262 g/mol. The van der Waals surface area contributed by atoms with Gasteiger partial charge in [0.25, 0.3) is 0 Å². The fraction of sp³-hybridized carbons (Fsp3) is 0.200. The third-order valence-corrected chi connectivity index (χ3v) is 3.13. The molecule has 3 heteroatoms. The highest BCUT2D eigenvalue weighted by molar-refractivity contribution is 6.30. The SMILES string of the molecule is C[C@@H](NCc1ccc(O)cc1)c1cccc(Cl)c1. The van der Waals surface area contributed by atoms with Gasteiger partial charge in [0.05, 0.1) is 0 Å². The first-order valence-corrected chi connectivity index (χ1v) is 6.30. The van der Waals surface area contributed by atoms with Crippen LogP contribution >= 0.6 is 11.6 Å². The molecule has 2 rings (SSSR count). The molecule has 0 saturated carbocycles. The Kier molecular flexibility index (Phi) is 4.24. The van der Waals surface area contributed by atoms with Gasteiger partial charge in [-0.25, -0.2) is 0 Å². The Bertz CT molecular complexity index is 510. The van der Waals surface area contributed by atoms with Gasteiger partial charge >= 0.3 is 0 Å². The molecule has 94 valence electrons. The van der Waals surface area contributed by atoms with Gasteiger partial charge in [-0.3, -0.25) is 0 Å². The third-order valence-electron chi connectivity index (χ3n) is 2.90. The number of benzene rings is 2. The zero-order valence-electron chi connectivity index (χ0n) is 10.2. The van der Waals surface area contributed by atoms with E-state index in [1.807, 2.05) is 30.3 Å². The van der Waals surface area contributed by atoms with Crippen LogP contribution in [0, 0.1) is 0 Å². The molecule has 0 amide bonds. The van der Waals surface area contributed by atoms with E-state index in [1.165, 1.54) is 5.56 Å². The first kappa shape index (κ1) is 12.9. The maximum atomic E-state index is 9.21. The number of nitrogens with one attached hydrogen (secondary N) is 1. The predicted molar refractivity (Wildman–Crippen MR) is 74.8 cm³/mol. The highest BCUT2D eigenvalue weighted by Crippen LogP contribution is 2.18. The van der Waals surface area contributed by atoms with Crippen LogP contribution in [0.5, 0.6) is 5.75 Å². The van der Waals surface area contributed by atoms with Gasteiger partial charge in [0, 0.05) is 17.6 Å². The van der Waals surface area contributed by atoms with Gasteiger partial charge in [-0.15, -0.1) is 0 Å². The number of hydrogen-bond donors (Lipinski definition) is 2. The minimum absolute atomic E-state index is 0.234. The van der Waals surface area contributed by atoms with Crippen molar-refractivity contribution in [1.82, 2.24) is 5.32 Å². The first-order chi connectivity index (χ1) is 8.65. The summed E-state index contributed by atoms with van der Waals surface area (Å²) in [5.41, 5.74) is 2.31. The molecule has 2 nitrogen and oxygen atoms in total. The summed E-state index contributed by atoms with van der Waals surface area (Å²) in [4.78, 5) is 0. The van der Waals surface area contributed by atoms with Crippen LogP contribution in [0.4, 0.5) is 0 Å². The standard InChI is InChI=1S/C15H16ClNO/c1-11(13-3-2-4-14(16)9-13)17-10-12-5-7-15(18)8-6-12/h2-9,11,17-18H,10H2,1H3/t11-/m1/s1. The Balaban J connectivity index is 1.96. The Morgan fingerprint density at radius 1 is 1.17 bits per heavy atom. The van der Waals surface area contributed by atoms with Crippen LogP contribution in [0.1, 0.15) is 24.1 Å². The molecule has 2 aromatic carbocycles. The molecule has 0 aliphatic heterocycles. The Labute approximate surface area is 112 Å². The topological polar surface area (TPSA) is 32.3 Å². The van der Waals surface area contributed by atoms with Crippen molar-refractivity contribution in [2.75, 3.05) is 0 Å². The molecule has 0 saturated heterocycles. The molecule has 1 atom stereocenters. The van der Waals surface area contributed by atoms with Crippen LogP contribution in [0.3, 0.4) is 0 Å². The summed E-state index contributed by atoms with van der Waals surface area (Å²) in [6, 6.07) is 15.3. The minimum atomic E-state index is 0.234. The van der Waals surface area contributed by atoms with Crippen molar-refractivity contribution in [3.05, 3.63) is 64.7 Å². The lowest BCUT2D eigenvalue weighted by molar-refractivity contribution is 0.474. The molecule has 0 fully saturated rings.